The summed E-state index contributed by atoms with van der Waals surface area (Å²) in [7, 11) is 4.11. The summed E-state index contributed by atoms with van der Waals surface area (Å²) in [6.07, 6.45) is 5.51. The highest BCUT2D eigenvalue weighted by molar-refractivity contribution is 5.90. The van der Waals surface area contributed by atoms with Crippen LogP contribution in [0, 0.1) is 13.8 Å². The van der Waals surface area contributed by atoms with Crippen molar-refractivity contribution < 1.29 is 4.79 Å². The van der Waals surface area contributed by atoms with Gasteiger partial charge < -0.3 is 10.2 Å². The number of likely N-dealkylation sites (tertiary alicyclic amines) is 1. The fourth-order valence-electron chi connectivity index (χ4n) is 4.76. The molecule has 0 spiro atoms. The molecule has 1 N–H and O–H groups in total. The lowest BCUT2D eigenvalue weighted by molar-refractivity contribution is 0.137. The monoisotopic (exact) mass is 397 g/mol. The van der Waals surface area contributed by atoms with E-state index in [1.165, 1.54) is 18.4 Å². The minimum absolute atomic E-state index is 0.0689. The molecule has 1 saturated heterocycles. The lowest BCUT2D eigenvalue weighted by Crippen LogP contribution is -2.47. The fraction of sp³-hybridized carbons (Fsp3) is 0.619. The van der Waals surface area contributed by atoms with Crippen LogP contribution in [0.4, 0.5) is 10.5 Å². The molecule has 2 fully saturated rings. The van der Waals surface area contributed by atoms with Crippen LogP contribution >= 0.6 is 0 Å². The van der Waals surface area contributed by atoms with Gasteiger partial charge in [0, 0.05) is 18.8 Å². The highest BCUT2D eigenvalue weighted by atomic mass is 16.2. The molecular formula is C21H31N7O. The number of carbonyl (C=O) groups is 1. The first-order chi connectivity index (χ1) is 13.9. The number of nitrogens with one attached hydrogen (secondary N) is 1. The number of likely N-dealkylation sites (N-methyl/N-ethyl adjacent to an activating group) is 1. The first-order valence-corrected chi connectivity index (χ1v) is 10.5. The average molecular weight is 398 g/mol. The van der Waals surface area contributed by atoms with Gasteiger partial charge in [0.15, 0.2) is 5.82 Å². The SMILES string of the molecule is Cc1ccc(NC(=O)N2CCC(c3nnnn3C3CCCC3)(N(C)C)C2)c(C)c1. The Bertz CT molecular complexity index is 887. The summed E-state index contributed by atoms with van der Waals surface area (Å²) < 4.78 is 2.03. The third-order valence-electron chi connectivity index (χ3n) is 6.59. The van der Waals surface area contributed by atoms with Crippen LogP contribution in [0.2, 0.25) is 0 Å². The molecule has 1 saturated carbocycles. The van der Waals surface area contributed by atoms with Gasteiger partial charge in [0.2, 0.25) is 0 Å². The number of benzene rings is 1. The number of aryl methyl sites for hydroxylation is 2. The van der Waals surface area contributed by atoms with E-state index in [-0.39, 0.29) is 11.6 Å². The molecule has 2 amide bonds. The number of anilines is 1. The second-order valence-electron chi connectivity index (χ2n) is 8.73. The van der Waals surface area contributed by atoms with E-state index >= 15 is 0 Å². The molecule has 8 heteroatoms. The van der Waals surface area contributed by atoms with E-state index in [1.54, 1.807) is 0 Å². The maximum absolute atomic E-state index is 13.0. The van der Waals surface area contributed by atoms with Crippen molar-refractivity contribution in [2.45, 2.75) is 57.5 Å². The summed E-state index contributed by atoms with van der Waals surface area (Å²) in [6, 6.07) is 6.38. The summed E-state index contributed by atoms with van der Waals surface area (Å²) in [5.74, 6) is 0.885. The molecule has 4 rings (SSSR count). The minimum atomic E-state index is -0.369. The lowest BCUT2D eigenvalue weighted by atomic mass is 9.95. The van der Waals surface area contributed by atoms with Crippen molar-refractivity contribution in [2.75, 3.05) is 32.5 Å². The highest BCUT2D eigenvalue weighted by Gasteiger charge is 2.48. The third kappa shape index (κ3) is 3.61. The predicted octanol–water partition coefficient (Wildman–Crippen LogP) is 3.10. The van der Waals surface area contributed by atoms with Gasteiger partial charge in [0.25, 0.3) is 0 Å². The molecule has 156 valence electrons. The number of carbonyl (C=O) groups excluding carboxylic acids is 1. The number of urea groups is 1. The van der Waals surface area contributed by atoms with Crippen LogP contribution in [0.1, 0.15) is 55.1 Å². The summed E-state index contributed by atoms with van der Waals surface area (Å²) in [5.41, 5.74) is 2.75. The summed E-state index contributed by atoms with van der Waals surface area (Å²) >= 11 is 0. The highest BCUT2D eigenvalue weighted by Crippen LogP contribution is 2.38. The molecule has 2 heterocycles. The molecule has 1 unspecified atom stereocenters. The van der Waals surface area contributed by atoms with Crippen molar-refractivity contribution >= 4 is 11.7 Å². The Hall–Kier alpha value is -2.48. The Kier molecular flexibility index (Phi) is 5.29. The summed E-state index contributed by atoms with van der Waals surface area (Å²) in [5, 5.41) is 15.9. The van der Waals surface area contributed by atoms with Gasteiger partial charge in [-0.2, -0.15) is 0 Å². The van der Waals surface area contributed by atoms with E-state index in [4.69, 9.17) is 0 Å². The van der Waals surface area contributed by atoms with Gasteiger partial charge >= 0.3 is 6.03 Å². The van der Waals surface area contributed by atoms with Gasteiger partial charge in [-0.1, -0.05) is 30.5 Å². The normalized spacial score (nSPS) is 22.6. The Labute approximate surface area is 172 Å². The number of nitrogens with zero attached hydrogens (tertiary/aromatic N) is 6. The van der Waals surface area contributed by atoms with Gasteiger partial charge in [-0.05, 0) is 69.3 Å². The third-order valence-corrected chi connectivity index (χ3v) is 6.59. The van der Waals surface area contributed by atoms with Gasteiger partial charge in [-0.25, -0.2) is 9.48 Å². The Morgan fingerprint density at radius 3 is 2.69 bits per heavy atom. The van der Waals surface area contributed by atoms with Crippen LogP contribution in [0.3, 0.4) is 0 Å². The molecule has 29 heavy (non-hydrogen) atoms. The first kappa shape index (κ1) is 19.8. The van der Waals surface area contributed by atoms with Crippen LogP contribution in [0.15, 0.2) is 18.2 Å². The van der Waals surface area contributed by atoms with E-state index in [0.717, 1.165) is 36.3 Å². The number of hydrogen-bond acceptors (Lipinski definition) is 5. The van der Waals surface area contributed by atoms with Crippen molar-refractivity contribution in [3.8, 4) is 0 Å². The van der Waals surface area contributed by atoms with E-state index in [1.807, 2.05) is 28.6 Å². The molecular weight excluding hydrogens is 366 g/mol. The van der Waals surface area contributed by atoms with Crippen molar-refractivity contribution in [3.05, 3.63) is 35.2 Å². The van der Waals surface area contributed by atoms with Crippen molar-refractivity contribution in [1.29, 1.82) is 0 Å². The molecule has 0 bridgehead atoms. The molecule has 1 aromatic heterocycles. The van der Waals surface area contributed by atoms with Crippen LogP contribution in [-0.4, -0.2) is 63.2 Å². The molecule has 1 aliphatic carbocycles. The Morgan fingerprint density at radius 2 is 2.00 bits per heavy atom. The predicted molar refractivity (Wildman–Crippen MR) is 112 cm³/mol. The number of tetrazole rings is 1. The van der Waals surface area contributed by atoms with E-state index < -0.39 is 0 Å². The maximum atomic E-state index is 13.0. The molecule has 8 nitrogen and oxygen atoms in total. The van der Waals surface area contributed by atoms with Crippen molar-refractivity contribution in [3.63, 3.8) is 0 Å². The van der Waals surface area contributed by atoms with Crippen molar-refractivity contribution in [1.82, 2.24) is 30.0 Å². The summed E-state index contributed by atoms with van der Waals surface area (Å²) in [6.45, 7) is 5.32. The molecule has 1 aromatic carbocycles. The number of aromatic nitrogens is 4. The first-order valence-electron chi connectivity index (χ1n) is 10.5. The molecule has 2 aromatic rings. The average Bonchev–Trinajstić information content (AvgIpc) is 3.43. The van der Waals surface area contributed by atoms with Gasteiger partial charge in [-0.3, -0.25) is 4.90 Å². The van der Waals surface area contributed by atoms with E-state index in [9.17, 15) is 4.79 Å². The number of amides is 2. The van der Waals surface area contributed by atoms with Gasteiger partial charge in [0.05, 0.1) is 6.04 Å². The molecule has 2 aliphatic rings. The maximum Gasteiger partial charge on any atom is 0.321 e. The molecule has 0 radical (unpaired) electrons. The standard InChI is InChI=1S/C21H31N7O/c1-15-9-10-18(16(2)13-15)22-20(29)27-12-11-21(14-27,26(3)4)19-23-24-25-28(19)17-7-5-6-8-17/h9-10,13,17H,5-8,11-12,14H2,1-4H3,(H,22,29). The number of rotatable bonds is 4. The largest absolute Gasteiger partial charge is 0.322 e. The van der Waals surface area contributed by atoms with Crippen LogP contribution in [0.5, 0.6) is 0 Å². The van der Waals surface area contributed by atoms with Gasteiger partial charge in [-0.15, -0.1) is 5.10 Å². The zero-order chi connectivity index (χ0) is 20.6. The lowest BCUT2D eigenvalue weighted by Gasteiger charge is -2.35. The van der Waals surface area contributed by atoms with Crippen LogP contribution in [0.25, 0.3) is 0 Å². The molecule has 1 atom stereocenters. The van der Waals surface area contributed by atoms with E-state index in [2.05, 4.69) is 52.8 Å². The molecule has 1 aliphatic heterocycles. The Morgan fingerprint density at radius 1 is 1.24 bits per heavy atom. The Balaban J connectivity index is 1.55. The van der Waals surface area contributed by atoms with Crippen LogP contribution in [-0.2, 0) is 5.54 Å². The summed E-state index contributed by atoms with van der Waals surface area (Å²) in [4.78, 5) is 17.1. The van der Waals surface area contributed by atoms with E-state index in [0.29, 0.717) is 19.1 Å². The van der Waals surface area contributed by atoms with Crippen LogP contribution < -0.4 is 5.32 Å². The zero-order valence-electron chi connectivity index (χ0n) is 17.9. The van der Waals surface area contributed by atoms with Gasteiger partial charge in [0.1, 0.15) is 5.54 Å². The minimum Gasteiger partial charge on any atom is -0.322 e. The topological polar surface area (TPSA) is 79.2 Å². The second kappa shape index (κ2) is 7.74. The fourth-order valence-corrected chi connectivity index (χ4v) is 4.76. The number of hydrogen-bond donors (Lipinski definition) is 1. The quantitative estimate of drug-likeness (QED) is 0.858. The smallest absolute Gasteiger partial charge is 0.321 e. The van der Waals surface area contributed by atoms with Crippen molar-refractivity contribution in [2.24, 2.45) is 0 Å². The zero-order valence-corrected chi connectivity index (χ0v) is 17.9. The second-order valence-corrected chi connectivity index (χ2v) is 8.73.